The molecule has 20 heavy (non-hydrogen) atoms. The van der Waals surface area contributed by atoms with Crippen molar-refractivity contribution in [2.45, 2.75) is 32.3 Å². The van der Waals surface area contributed by atoms with Gasteiger partial charge in [0.1, 0.15) is 0 Å². The van der Waals surface area contributed by atoms with E-state index < -0.39 is 23.5 Å². The van der Waals surface area contributed by atoms with Gasteiger partial charge in [0, 0.05) is 3.57 Å². The maximum absolute atomic E-state index is 13.5. The molecule has 1 aromatic carbocycles. The highest BCUT2D eigenvalue weighted by Crippen LogP contribution is 2.33. The molecule has 0 heterocycles. The Hall–Kier alpha value is -1.25. The van der Waals surface area contributed by atoms with Gasteiger partial charge >= 0.3 is 17.9 Å². The predicted octanol–water partition coefficient (Wildman–Crippen LogP) is 3.25. The number of carbonyl (C=O) groups is 2. The summed E-state index contributed by atoms with van der Waals surface area (Å²) in [6, 6.07) is 4.59. The molecule has 1 rings (SSSR count). The number of ether oxygens (including phenoxy) is 1. The highest BCUT2D eigenvalue weighted by atomic mass is 127. The zero-order valence-electron chi connectivity index (χ0n) is 11.0. The number of carboxylic acid groups (broad SMARTS) is 1. The number of halogens is 3. The molecular formula is C13H13F2IO4. The second-order valence-electron chi connectivity index (χ2n) is 4.74. The summed E-state index contributed by atoms with van der Waals surface area (Å²) in [5.74, 6) is -7.51. The first-order valence-electron chi connectivity index (χ1n) is 5.60. The van der Waals surface area contributed by atoms with Crippen molar-refractivity contribution in [2.75, 3.05) is 0 Å². The van der Waals surface area contributed by atoms with Crippen molar-refractivity contribution in [2.24, 2.45) is 0 Å². The highest BCUT2D eigenvalue weighted by Gasteiger charge is 2.56. The van der Waals surface area contributed by atoms with E-state index in [1.54, 1.807) is 6.07 Å². The van der Waals surface area contributed by atoms with E-state index in [-0.39, 0.29) is 5.56 Å². The molecule has 0 saturated carbocycles. The van der Waals surface area contributed by atoms with Crippen LogP contribution in [0.4, 0.5) is 8.78 Å². The fourth-order valence-corrected chi connectivity index (χ4v) is 1.85. The van der Waals surface area contributed by atoms with E-state index >= 15 is 0 Å². The molecule has 1 N–H and O–H groups in total. The number of hydrogen-bond donors (Lipinski definition) is 1. The molecule has 4 nitrogen and oxygen atoms in total. The van der Waals surface area contributed by atoms with Crippen molar-refractivity contribution in [3.63, 3.8) is 0 Å². The van der Waals surface area contributed by atoms with E-state index in [0.717, 1.165) is 23.0 Å². The number of carboxylic acids is 1. The molecule has 0 aliphatic heterocycles. The van der Waals surface area contributed by atoms with Crippen LogP contribution in [0.2, 0.25) is 0 Å². The van der Waals surface area contributed by atoms with Gasteiger partial charge in [-0.1, -0.05) is 6.07 Å². The second-order valence-corrected chi connectivity index (χ2v) is 5.91. The van der Waals surface area contributed by atoms with Crippen molar-refractivity contribution >= 4 is 34.5 Å². The van der Waals surface area contributed by atoms with Gasteiger partial charge in [0.15, 0.2) is 5.60 Å². The summed E-state index contributed by atoms with van der Waals surface area (Å²) in [5, 5.41) is 8.50. The topological polar surface area (TPSA) is 63.6 Å². The predicted molar refractivity (Wildman–Crippen MR) is 76.0 cm³/mol. The average molecular weight is 398 g/mol. The zero-order valence-corrected chi connectivity index (χ0v) is 13.2. The van der Waals surface area contributed by atoms with Crippen molar-refractivity contribution < 1.29 is 28.2 Å². The third kappa shape index (κ3) is 3.25. The van der Waals surface area contributed by atoms with E-state index in [0.29, 0.717) is 0 Å². The molecular weight excluding hydrogens is 385 g/mol. The fraction of sp³-hybridized carbons (Fsp3) is 0.385. The molecule has 0 atom stereocenters. The summed E-state index contributed by atoms with van der Waals surface area (Å²) in [7, 11) is 0. The van der Waals surface area contributed by atoms with Crippen molar-refractivity contribution in [3.8, 4) is 0 Å². The summed E-state index contributed by atoms with van der Waals surface area (Å²) in [5.41, 5.74) is -1.43. The Kier molecular flexibility index (Phi) is 4.73. The largest absolute Gasteiger partial charge is 0.477 e. The third-order valence-electron chi connectivity index (χ3n) is 2.78. The molecule has 0 radical (unpaired) electrons. The lowest BCUT2D eigenvalue weighted by Gasteiger charge is -2.30. The number of rotatable bonds is 4. The molecule has 7 heteroatoms. The first kappa shape index (κ1) is 16.8. The number of esters is 1. The van der Waals surface area contributed by atoms with E-state index in [4.69, 9.17) is 5.11 Å². The van der Waals surface area contributed by atoms with Crippen LogP contribution in [0, 0.1) is 10.5 Å². The number of aryl methyl sites for hydroxylation is 1. The molecule has 0 aliphatic carbocycles. The van der Waals surface area contributed by atoms with Gasteiger partial charge in [0.25, 0.3) is 0 Å². The SMILES string of the molecule is Cc1ccc(C(=O)OC(C)(C)C(F)(F)C(=O)O)cc1I. The van der Waals surface area contributed by atoms with Crippen LogP contribution in [0.3, 0.4) is 0 Å². The van der Waals surface area contributed by atoms with E-state index in [9.17, 15) is 18.4 Å². The number of carbonyl (C=O) groups excluding carboxylic acids is 1. The number of aliphatic carboxylic acids is 1. The smallest absolute Gasteiger partial charge is 0.380 e. The normalized spacial score (nSPS) is 12.1. The maximum atomic E-state index is 13.5. The molecule has 0 fully saturated rings. The van der Waals surface area contributed by atoms with Crippen LogP contribution >= 0.6 is 22.6 Å². The van der Waals surface area contributed by atoms with Crippen LogP contribution < -0.4 is 0 Å². The minimum atomic E-state index is -4.18. The minimum Gasteiger partial charge on any atom is -0.477 e. The van der Waals surface area contributed by atoms with Crippen LogP contribution in [-0.2, 0) is 9.53 Å². The summed E-state index contributed by atoms with van der Waals surface area (Å²) in [6.07, 6.45) is 0. The van der Waals surface area contributed by atoms with Gasteiger partial charge in [-0.25, -0.2) is 9.59 Å². The number of benzene rings is 1. The third-order valence-corrected chi connectivity index (χ3v) is 3.94. The van der Waals surface area contributed by atoms with Gasteiger partial charge in [-0.15, -0.1) is 0 Å². The summed E-state index contributed by atoms with van der Waals surface area (Å²) < 4.78 is 32.4. The first-order valence-corrected chi connectivity index (χ1v) is 6.67. The lowest BCUT2D eigenvalue weighted by Crippen LogP contribution is -2.51. The number of hydrogen-bond acceptors (Lipinski definition) is 3. The van der Waals surface area contributed by atoms with Gasteiger partial charge in [-0.05, 0) is 61.1 Å². The lowest BCUT2D eigenvalue weighted by atomic mass is 10.0. The van der Waals surface area contributed by atoms with Gasteiger partial charge in [0.05, 0.1) is 5.56 Å². The van der Waals surface area contributed by atoms with Crippen molar-refractivity contribution in [1.82, 2.24) is 0 Å². The zero-order chi connectivity index (χ0) is 15.7. The molecule has 0 aliphatic rings. The van der Waals surface area contributed by atoms with Gasteiger partial charge < -0.3 is 9.84 Å². The van der Waals surface area contributed by atoms with E-state index in [1.807, 2.05) is 29.5 Å². The van der Waals surface area contributed by atoms with E-state index in [1.165, 1.54) is 12.1 Å². The van der Waals surface area contributed by atoms with Crippen LogP contribution in [0.15, 0.2) is 18.2 Å². The maximum Gasteiger partial charge on any atom is 0.380 e. The quantitative estimate of drug-likeness (QED) is 0.625. The molecule has 0 aromatic heterocycles. The summed E-state index contributed by atoms with van der Waals surface area (Å²) in [6.45, 7) is 3.55. The monoisotopic (exact) mass is 398 g/mol. The Labute approximate surface area is 128 Å². The lowest BCUT2D eigenvalue weighted by molar-refractivity contribution is -0.200. The summed E-state index contributed by atoms with van der Waals surface area (Å²) in [4.78, 5) is 22.4. The molecule has 0 saturated heterocycles. The molecule has 0 spiro atoms. The van der Waals surface area contributed by atoms with Crippen LogP contribution in [-0.4, -0.2) is 28.6 Å². The molecule has 0 amide bonds. The highest BCUT2D eigenvalue weighted by molar-refractivity contribution is 14.1. The Bertz CT molecular complexity index is 555. The Morgan fingerprint density at radius 2 is 1.85 bits per heavy atom. The van der Waals surface area contributed by atoms with Gasteiger partial charge in [-0.3, -0.25) is 0 Å². The molecule has 0 bridgehead atoms. The van der Waals surface area contributed by atoms with Crippen molar-refractivity contribution in [1.29, 1.82) is 0 Å². The minimum absolute atomic E-state index is 0.0919. The Morgan fingerprint density at radius 1 is 1.30 bits per heavy atom. The van der Waals surface area contributed by atoms with Crippen molar-refractivity contribution in [3.05, 3.63) is 32.9 Å². The summed E-state index contributed by atoms with van der Waals surface area (Å²) >= 11 is 2.00. The number of alkyl halides is 2. The van der Waals surface area contributed by atoms with E-state index in [2.05, 4.69) is 4.74 Å². The molecule has 1 aromatic rings. The first-order chi connectivity index (χ1) is 8.99. The van der Waals surface area contributed by atoms with Crippen LogP contribution in [0.5, 0.6) is 0 Å². The van der Waals surface area contributed by atoms with Crippen LogP contribution in [0.25, 0.3) is 0 Å². The molecule has 110 valence electrons. The second kappa shape index (κ2) is 5.63. The van der Waals surface area contributed by atoms with Gasteiger partial charge in [-0.2, -0.15) is 8.78 Å². The standard InChI is InChI=1S/C13H13F2IO4/c1-7-4-5-8(6-9(7)16)10(17)20-12(2,3)13(14,15)11(18)19/h4-6H,1-3H3,(H,18,19). The van der Waals surface area contributed by atoms with Crippen LogP contribution in [0.1, 0.15) is 29.8 Å². The molecule has 0 unspecified atom stereocenters. The fourth-order valence-electron chi connectivity index (χ4n) is 1.33. The Morgan fingerprint density at radius 3 is 2.30 bits per heavy atom. The Balaban J connectivity index is 3.00. The average Bonchev–Trinajstić information content (AvgIpc) is 2.31. The van der Waals surface area contributed by atoms with Gasteiger partial charge in [0.2, 0.25) is 0 Å².